The third-order valence-electron chi connectivity index (χ3n) is 3.42. The van der Waals surface area contributed by atoms with Crippen LogP contribution in [0, 0.1) is 0 Å². The summed E-state index contributed by atoms with van der Waals surface area (Å²) in [4.78, 5) is 26.5. The summed E-state index contributed by atoms with van der Waals surface area (Å²) in [6.45, 7) is 1.75. The molecule has 1 aliphatic rings. The molecule has 0 saturated carbocycles. The van der Waals surface area contributed by atoms with E-state index in [0.717, 1.165) is 18.7 Å². The molecule has 0 spiro atoms. The van der Waals surface area contributed by atoms with Gasteiger partial charge in [-0.05, 0) is 12.6 Å². The molecule has 2 rings (SSSR count). The smallest absolute Gasteiger partial charge is 0.323 e. The fourth-order valence-electron chi connectivity index (χ4n) is 2.38. The molecule has 0 bridgehead atoms. The molecule has 0 radical (unpaired) electrons. The number of carbonyl (C=O) groups is 2. The number of urea groups is 1. The summed E-state index contributed by atoms with van der Waals surface area (Å²) >= 11 is 0. The van der Waals surface area contributed by atoms with Crippen molar-refractivity contribution in [3.8, 4) is 0 Å². The van der Waals surface area contributed by atoms with Gasteiger partial charge in [-0.25, -0.2) is 4.79 Å². The number of carboxylic acid groups (broad SMARTS) is 1. The minimum atomic E-state index is -1.04. The van der Waals surface area contributed by atoms with Gasteiger partial charge in [-0.1, -0.05) is 30.3 Å². The van der Waals surface area contributed by atoms with Crippen molar-refractivity contribution >= 4 is 12.0 Å². The van der Waals surface area contributed by atoms with Crippen molar-refractivity contribution in [1.29, 1.82) is 0 Å². The van der Waals surface area contributed by atoms with Gasteiger partial charge in [0.25, 0.3) is 0 Å². The zero-order chi connectivity index (χ0) is 14.5. The van der Waals surface area contributed by atoms with E-state index in [2.05, 4.69) is 10.2 Å². The average molecular weight is 277 g/mol. The minimum absolute atomic E-state index is 0.0521. The molecule has 1 fully saturated rings. The number of nitrogens with one attached hydrogen (secondary N) is 1. The molecule has 1 aliphatic heterocycles. The predicted octanol–water partition coefficient (Wildman–Crippen LogP) is 0.769. The second-order valence-corrected chi connectivity index (χ2v) is 4.93. The molecule has 6 heteroatoms. The number of benzene rings is 1. The van der Waals surface area contributed by atoms with Crippen LogP contribution in [0.4, 0.5) is 4.79 Å². The molecule has 0 aromatic heterocycles. The Morgan fingerprint density at radius 3 is 2.65 bits per heavy atom. The Morgan fingerprint density at radius 2 is 2.00 bits per heavy atom. The van der Waals surface area contributed by atoms with Crippen molar-refractivity contribution in [2.24, 2.45) is 0 Å². The number of piperazine rings is 1. The Labute approximate surface area is 118 Å². The molecule has 6 nitrogen and oxygen atoms in total. The second kappa shape index (κ2) is 6.38. The fourth-order valence-corrected chi connectivity index (χ4v) is 2.38. The van der Waals surface area contributed by atoms with Crippen LogP contribution in [0.2, 0.25) is 0 Å². The number of rotatable bonds is 3. The van der Waals surface area contributed by atoms with Crippen LogP contribution in [0.25, 0.3) is 0 Å². The van der Waals surface area contributed by atoms with Crippen LogP contribution in [-0.2, 0) is 4.79 Å². The van der Waals surface area contributed by atoms with Crippen molar-refractivity contribution in [2.75, 3.05) is 33.2 Å². The Hall–Kier alpha value is -2.08. The predicted molar refractivity (Wildman–Crippen MR) is 74.4 cm³/mol. The zero-order valence-electron chi connectivity index (χ0n) is 11.5. The normalized spacial score (nSPS) is 19.6. The second-order valence-electron chi connectivity index (χ2n) is 4.93. The summed E-state index contributed by atoms with van der Waals surface area (Å²) in [5, 5.41) is 11.1. The van der Waals surface area contributed by atoms with Gasteiger partial charge in [0.1, 0.15) is 6.54 Å². The maximum Gasteiger partial charge on any atom is 0.323 e. The minimum Gasteiger partial charge on any atom is -0.480 e. The van der Waals surface area contributed by atoms with Crippen LogP contribution >= 0.6 is 0 Å². The zero-order valence-corrected chi connectivity index (χ0v) is 11.5. The Bertz CT molecular complexity index is 478. The Morgan fingerprint density at radius 1 is 1.30 bits per heavy atom. The van der Waals surface area contributed by atoms with E-state index in [0.29, 0.717) is 6.54 Å². The maximum atomic E-state index is 12.1. The fraction of sp³-hybridized carbons (Fsp3) is 0.429. The van der Waals surface area contributed by atoms with Crippen molar-refractivity contribution in [3.63, 3.8) is 0 Å². The first-order valence-corrected chi connectivity index (χ1v) is 6.57. The summed E-state index contributed by atoms with van der Waals surface area (Å²) in [6, 6.07) is 9.42. The molecule has 20 heavy (non-hydrogen) atoms. The molecule has 1 unspecified atom stereocenters. The van der Waals surface area contributed by atoms with E-state index in [1.807, 2.05) is 37.4 Å². The number of nitrogens with zero attached hydrogens (tertiary/aromatic N) is 2. The first-order chi connectivity index (χ1) is 9.58. The maximum absolute atomic E-state index is 12.1. The van der Waals surface area contributed by atoms with E-state index < -0.39 is 5.97 Å². The lowest BCUT2D eigenvalue weighted by Gasteiger charge is -2.40. The highest BCUT2D eigenvalue weighted by atomic mass is 16.4. The third kappa shape index (κ3) is 3.48. The summed E-state index contributed by atoms with van der Waals surface area (Å²) in [5.74, 6) is -1.04. The van der Waals surface area contributed by atoms with Gasteiger partial charge in [0, 0.05) is 19.6 Å². The summed E-state index contributed by atoms with van der Waals surface area (Å²) < 4.78 is 0. The lowest BCUT2D eigenvalue weighted by molar-refractivity contribution is -0.135. The van der Waals surface area contributed by atoms with Gasteiger partial charge in [0.05, 0.1) is 6.04 Å². The van der Waals surface area contributed by atoms with Gasteiger partial charge in [0.2, 0.25) is 0 Å². The van der Waals surface area contributed by atoms with Crippen LogP contribution in [0.5, 0.6) is 0 Å². The average Bonchev–Trinajstić information content (AvgIpc) is 2.45. The standard InChI is InChI=1S/C14H19N3O3/c1-16-7-8-17(14(20)15-9-13(18)19)12(10-16)11-5-3-2-4-6-11/h2-6,12H,7-10H2,1H3,(H,15,20)(H,18,19). The lowest BCUT2D eigenvalue weighted by Crippen LogP contribution is -2.53. The molecule has 108 valence electrons. The van der Waals surface area contributed by atoms with Gasteiger partial charge in [-0.15, -0.1) is 0 Å². The summed E-state index contributed by atoms with van der Waals surface area (Å²) in [6.07, 6.45) is 0. The molecule has 2 N–H and O–H groups in total. The van der Waals surface area contributed by atoms with Crippen molar-refractivity contribution < 1.29 is 14.7 Å². The monoisotopic (exact) mass is 277 g/mol. The van der Waals surface area contributed by atoms with Gasteiger partial charge < -0.3 is 20.2 Å². The van der Waals surface area contributed by atoms with E-state index in [4.69, 9.17) is 5.11 Å². The van der Waals surface area contributed by atoms with Crippen LogP contribution in [-0.4, -0.2) is 60.1 Å². The summed E-state index contributed by atoms with van der Waals surface area (Å²) in [5.41, 5.74) is 1.06. The van der Waals surface area contributed by atoms with E-state index >= 15 is 0 Å². The largest absolute Gasteiger partial charge is 0.480 e. The molecule has 1 atom stereocenters. The van der Waals surface area contributed by atoms with Crippen LogP contribution in [0.1, 0.15) is 11.6 Å². The number of hydrogen-bond acceptors (Lipinski definition) is 3. The highest BCUT2D eigenvalue weighted by molar-refractivity contribution is 5.80. The number of hydrogen-bond donors (Lipinski definition) is 2. The lowest BCUT2D eigenvalue weighted by atomic mass is 10.0. The third-order valence-corrected chi connectivity index (χ3v) is 3.42. The molecular formula is C14H19N3O3. The van der Waals surface area contributed by atoms with Crippen molar-refractivity contribution in [2.45, 2.75) is 6.04 Å². The number of amides is 2. The van der Waals surface area contributed by atoms with Crippen molar-refractivity contribution in [3.05, 3.63) is 35.9 Å². The number of likely N-dealkylation sites (N-methyl/N-ethyl adjacent to an activating group) is 1. The van der Waals surface area contributed by atoms with Crippen LogP contribution < -0.4 is 5.32 Å². The van der Waals surface area contributed by atoms with E-state index in [-0.39, 0.29) is 18.6 Å². The first kappa shape index (κ1) is 14.3. The SMILES string of the molecule is CN1CCN(C(=O)NCC(=O)O)C(c2ccccc2)C1. The van der Waals surface area contributed by atoms with Gasteiger partial charge in [-0.2, -0.15) is 0 Å². The molecule has 1 aromatic rings. The molecule has 1 heterocycles. The summed E-state index contributed by atoms with van der Waals surface area (Å²) in [7, 11) is 2.02. The highest BCUT2D eigenvalue weighted by Crippen LogP contribution is 2.24. The topological polar surface area (TPSA) is 72.9 Å². The molecule has 1 saturated heterocycles. The molecule has 0 aliphatic carbocycles. The van der Waals surface area contributed by atoms with E-state index in [1.165, 1.54) is 0 Å². The molecule has 1 aromatic carbocycles. The van der Waals surface area contributed by atoms with E-state index in [9.17, 15) is 9.59 Å². The van der Waals surface area contributed by atoms with Crippen LogP contribution in [0.15, 0.2) is 30.3 Å². The first-order valence-electron chi connectivity index (χ1n) is 6.57. The van der Waals surface area contributed by atoms with Gasteiger partial charge in [-0.3, -0.25) is 4.79 Å². The number of aliphatic carboxylic acids is 1. The number of carbonyl (C=O) groups excluding carboxylic acids is 1. The van der Waals surface area contributed by atoms with Gasteiger partial charge >= 0.3 is 12.0 Å². The number of carboxylic acids is 1. The molecular weight excluding hydrogens is 258 g/mol. The Kier molecular flexibility index (Phi) is 4.57. The quantitative estimate of drug-likeness (QED) is 0.856. The molecule has 2 amide bonds. The van der Waals surface area contributed by atoms with Gasteiger partial charge in [0.15, 0.2) is 0 Å². The Balaban J connectivity index is 2.12. The van der Waals surface area contributed by atoms with Crippen LogP contribution in [0.3, 0.4) is 0 Å². The highest BCUT2D eigenvalue weighted by Gasteiger charge is 2.30. The van der Waals surface area contributed by atoms with E-state index in [1.54, 1.807) is 4.90 Å². The van der Waals surface area contributed by atoms with Crippen molar-refractivity contribution in [1.82, 2.24) is 15.1 Å².